The number of fused-ring (bicyclic) bond motifs is 1. The van der Waals surface area contributed by atoms with Crippen LogP contribution in [0.4, 0.5) is 14.6 Å². The van der Waals surface area contributed by atoms with Gasteiger partial charge in [0.05, 0.1) is 11.1 Å². The van der Waals surface area contributed by atoms with E-state index in [0.717, 1.165) is 11.6 Å². The number of aromatic nitrogens is 1. The normalized spacial score (nSPS) is 15.8. The van der Waals surface area contributed by atoms with Gasteiger partial charge in [0.1, 0.15) is 5.82 Å². The SMILES string of the molecule is O=C(Nc1cccc(-c2cccc(F)c2F)n1)C1(c2ccc3c(c2)OCO3)CC1.[HH]. The zero-order valence-corrected chi connectivity index (χ0v) is 15.2. The molecule has 2 aromatic carbocycles. The summed E-state index contributed by atoms with van der Waals surface area (Å²) in [5, 5.41) is 2.82. The Balaban J connectivity index is 0.00000218. The minimum Gasteiger partial charge on any atom is -0.454 e. The van der Waals surface area contributed by atoms with E-state index in [9.17, 15) is 13.6 Å². The first kappa shape index (κ1) is 17.6. The van der Waals surface area contributed by atoms with E-state index in [1.807, 2.05) is 12.1 Å². The van der Waals surface area contributed by atoms with Crippen LogP contribution in [0.25, 0.3) is 11.3 Å². The molecule has 1 saturated carbocycles. The van der Waals surface area contributed by atoms with Gasteiger partial charge in [0.15, 0.2) is 23.1 Å². The number of pyridine rings is 1. The molecule has 5 nitrogen and oxygen atoms in total. The Morgan fingerprint density at radius 2 is 1.83 bits per heavy atom. The highest BCUT2D eigenvalue weighted by atomic mass is 19.2. The Morgan fingerprint density at radius 3 is 2.66 bits per heavy atom. The number of carbonyl (C=O) groups is 1. The number of carbonyl (C=O) groups excluding carboxylic acids is 1. The molecule has 0 saturated heterocycles. The van der Waals surface area contributed by atoms with E-state index in [1.54, 1.807) is 24.3 Å². The molecular formula is C22H18F2N2O3. The number of nitrogens with zero attached hydrogens (tertiary/aromatic N) is 1. The van der Waals surface area contributed by atoms with E-state index in [-0.39, 0.29) is 31.2 Å². The highest BCUT2D eigenvalue weighted by Gasteiger charge is 2.51. The van der Waals surface area contributed by atoms with Crippen LogP contribution in [0.5, 0.6) is 11.5 Å². The van der Waals surface area contributed by atoms with Crippen LogP contribution < -0.4 is 14.8 Å². The molecule has 0 radical (unpaired) electrons. The van der Waals surface area contributed by atoms with Crippen molar-refractivity contribution < 1.29 is 24.5 Å². The molecule has 3 aromatic rings. The number of hydrogen-bond donors (Lipinski definition) is 1. The Labute approximate surface area is 166 Å². The van der Waals surface area contributed by atoms with Gasteiger partial charge in [-0.25, -0.2) is 13.8 Å². The molecule has 0 bridgehead atoms. The Bertz CT molecular complexity index is 1140. The molecule has 5 rings (SSSR count). The second kappa shape index (κ2) is 6.55. The lowest BCUT2D eigenvalue weighted by molar-refractivity contribution is -0.118. The molecular weight excluding hydrogens is 378 g/mol. The molecule has 1 aliphatic heterocycles. The topological polar surface area (TPSA) is 60.5 Å². The molecule has 1 amide bonds. The molecule has 148 valence electrons. The van der Waals surface area contributed by atoms with Crippen molar-refractivity contribution in [1.29, 1.82) is 0 Å². The smallest absolute Gasteiger partial charge is 0.236 e. The zero-order valence-electron chi connectivity index (χ0n) is 15.2. The van der Waals surface area contributed by atoms with Crippen molar-refractivity contribution in [1.82, 2.24) is 4.98 Å². The van der Waals surface area contributed by atoms with Crippen LogP contribution >= 0.6 is 0 Å². The number of benzene rings is 2. The molecule has 29 heavy (non-hydrogen) atoms. The van der Waals surface area contributed by atoms with Gasteiger partial charge in [0.25, 0.3) is 0 Å². The van der Waals surface area contributed by atoms with Crippen LogP contribution in [0, 0.1) is 11.6 Å². The minimum absolute atomic E-state index is 0. The van der Waals surface area contributed by atoms with Gasteiger partial charge in [-0.2, -0.15) is 0 Å². The Morgan fingerprint density at radius 1 is 1.03 bits per heavy atom. The summed E-state index contributed by atoms with van der Waals surface area (Å²) in [5.41, 5.74) is 0.486. The number of nitrogens with one attached hydrogen (secondary N) is 1. The van der Waals surface area contributed by atoms with E-state index >= 15 is 0 Å². The first-order chi connectivity index (χ1) is 14.1. The molecule has 0 spiro atoms. The van der Waals surface area contributed by atoms with Gasteiger partial charge in [0.2, 0.25) is 12.7 Å². The van der Waals surface area contributed by atoms with Crippen molar-refractivity contribution >= 4 is 11.7 Å². The van der Waals surface area contributed by atoms with Crippen molar-refractivity contribution in [3.8, 4) is 22.8 Å². The van der Waals surface area contributed by atoms with Gasteiger partial charge < -0.3 is 14.8 Å². The van der Waals surface area contributed by atoms with Crippen LogP contribution in [-0.4, -0.2) is 17.7 Å². The monoisotopic (exact) mass is 396 g/mol. The second-order valence-electron chi connectivity index (χ2n) is 7.11. The predicted octanol–water partition coefficient (Wildman–Crippen LogP) is 4.67. The average Bonchev–Trinajstić information content (AvgIpc) is 3.41. The van der Waals surface area contributed by atoms with E-state index in [0.29, 0.717) is 24.3 Å². The molecule has 7 heteroatoms. The summed E-state index contributed by atoms with van der Waals surface area (Å²) in [4.78, 5) is 17.3. The number of rotatable bonds is 4. The van der Waals surface area contributed by atoms with Gasteiger partial charge in [0, 0.05) is 6.99 Å². The van der Waals surface area contributed by atoms with Crippen molar-refractivity contribution in [3.05, 3.63) is 71.8 Å². The third-order valence-electron chi connectivity index (χ3n) is 5.33. The van der Waals surface area contributed by atoms with E-state index < -0.39 is 17.0 Å². The Kier molecular flexibility index (Phi) is 3.97. The van der Waals surface area contributed by atoms with E-state index in [4.69, 9.17) is 9.47 Å². The van der Waals surface area contributed by atoms with Gasteiger partial charge >= 0.3 is 0 Å². The van der Waals surface area contributed by atoms with Gasteiger partial charge in [-0.15, -0.1) is 0 Å². The first-order valence-electron chi connectivity index (χ1n) is 9.20. The summed E-state index contributed by atoms with van der Waals surface area (Å²) in [7, 11) is 0. The number of anilines is 1. The third-order valence-corrected chi connectivity index (χ3v) is 5.33. The van der Waals surface area contributed by atoms with Crippen LogP contribution in [-0.2, 0) is 10.2 Å². The van der Waals surface area contributed by atoms with Crippen molar-refractivity contribution in [3.63, 3.8) is 0 Å². The number of hydrogen-bond acceptors (Lipinski definition) is 4. The van der Waals surface area contributed by atoms with E-state index in [1.165, 1.54) is 12.1 Å². The first-order valence-corrected chi connectivity index (χ1v) is 9.20. The van der Waals surface area contributed by atoms with Gasteiger partial charge in [-0.1, -0.05) is 18.2 Å². The fourth-order valence-electron chi connectivity index (χ4n) is 3.56. The molecule has 0 unspecified atom stereocenters. The second-order valence-corrected chi connectivity index (χ2v) is 7.11. The fourth-order valence-corrected chi connectivity index (χ4v) is 3.56. The molecule has 0 atom stereocenters. The highest BCUT2D eigenvalue weighted by molar-refractivity contribution is 6.01. The number of amides is 1. The van der Waals surface area contributed by atoms with Crippen LogP contribution in [0.2, 0.25) is 0 Å². The molecule has 1 fully saturated rings. The van der Waals surface area contributed by atoms with Crippen LogP contribution in [0.3, 0.4) is 0 Å². The van der Waals surface area contributed by atoms with Crippen LogP contribution in [0.1, 0.15) is 19.8 Å². The maximum atomic E-state index is 14.1. The highest BCUT2D eigenvalue weighted by Crippen LogP contribution is 2.51. The zero-order chi connectivity index (χ0) is 20.0. The standard InChI is InChI=1S/C22H16F2N2O3.H2/c23-15-4-1-3-14(20(15)24)16-5-2-6-19(25-16)26-21(27)22(9-10-22)13-7-8-17-18(11-13)29-12-28-17;/h1-8,11H,9-10,12H2,(H,25,26,27);1H. The van der Waals surface area contributed by atoms with Gasteiger partial charge in [-0.3, -0.25) is 4.79 Å². The minimum atomic E-state index is -0.970. The molecule has 2 heterocycles. The molecule has 1 aromatic heterocycles. The lowest BCUT2D eigenvalue weighted by Crippen LogP contribution is -2.28. The summed E-state index contributed by atoms with van der Waals surface area (Å²) >= 11 is 0. The maximum absolute atomic E-state index is 14.1. The van der Waals surface area contributed by atoms with Crippen molar-refractivity contribution in [2.75, 3.05) is 12.1 Å². The lowest BCUT2D eigenvalue weighted by Gasteiger charge is -2.16. The van der Waals surface area contributed by atoms with E-state index in [2.05, 4.69) is 10.3 Å². The summed E-state index contributed by atoms with van der Waals surface area (Å²) in [6.07, 6.45) is 1.41. The largest absolute Gasteiger partial charge is 0.454 e. The number of ether oxygens (including phenoxy) is 2. The molecule has 2 aliphatic rings. The number of halogens is 2. The maximum Gasteiger partial charge on any atom is 0.236 e. The quantitative estimate of drug-likeness (QED) is 0.696. The third kappa shape index (κ3) is 2.99. The summed E-state index contributed by atoms with van der Waals surface area (Å²) in [6.45, 7) is 0.172. The summed E-state index contributed by atoms with van der Waals surface area (Å²) in [5.74, 6) is -0.537. The predicted molar refractivity (Wildman–Crippen MR) is 104 cm³/mol. The summed E-state index contributed by atoms with van der Waals surface area (Å²) < 4.78 is 38.4. The average molecular weight is 396 g/mol. The Hall–Kier alpha value is -3.48. The summed E-state index contributed by atoms with van der Waals surface area (Å²) in [6, 6.07) is 14.2. The van der Waals surface area contributed by atoms with Crippen molar-refractivity contribution in [2.24, 2.45) is 0 Å². The fraction of sp³-hybridized carbons (Fsp3) is 0.182. The van der Waals surface area contributed by atoms with Crippen LogP contribution in [0.15, 0.2) is 54.6 Å². The molecule has 1 aliphatic carbocycles. The molecule has 1 N–H and O–H groups in total. The van der Waals surface area contributed by atoms with Crippen molar-refractivity contribution in [2.45, 2.75) is 18.3 Å². The van der Waals surface area contributed by atoms with Gasteiger partial charge in [-0.05, 0) is 54.8 Å². The lowest BCUT2D eigenvalue weighted by atomic mass is 9.94.